The average molecular weight is 219 g/mol. The molecule has 0 saturated carbocycles. The molecule has 82 valence electrons. The molecule has 0 heterocycles. The largest absolute Gasteiger partial charge is 0.399 e. The summed E-state index contributed by atoms with van der Waals surface area (Å²) in [6.45, 7) is 1.90. The second-order valence-corrected chi connectivity index (χ2v) is 3.76. The minimum atomic E-state index is -0.849. The van der Waals surface area contributed by atoms with Gasteiger partial charge in [0.25, 0.3) is 0 Å². The molecule has 0 radical (unpaired) electrons. The molecular weight excluding hydrogens is 208 g/mol. The van der Waals surface area contributed by atoms with Crippen LogP contribution in [0.2, 0.25) is 0 Å². The van der Waals surface area contributed by atoms with Gasteiger partial charge in [0, 0.05) is 5.69 Å². The Bertz CT molecular complexity index is 515. The first-order valence-corrected chi connectivity index (χ1v) is 4.89. The van der Waals surface area contributed by atoms with E-state index in [4.69, 9.17) is 5.73 Å². The van der Waals surface area contributed by atoms with E-state index in [-0.39, 0.29) is 0 Å². The first kappa shape index (κ1) is 10.6. The SMILES string of the molecule is Cc1cc(N)cc(-c2ccc(F)c(F)c2)c1. The van der Waals surface area contributed by atoms with Gasteiger partial charge in [-0.2, -0.15) is 0 Å². The fourth-order valence-electron chi connectivity index (χ4n) is 1.66. The lowest BCUT2D eigenvalue weighted by molar-refractivity contribution is 0.509. The molecule has 0 saturated heterocycles. The Balaban J connectivity index is 2.54. The van der Waals surface area contributed by atoms with E-state index in [1.165, 1.54) is 12.1 Å². The Morgan fingerprint density at radius 3 is 2.25 bits per heavy atom. The van der Waals surface area contributed by atoms with E-state index in [1.54, 1.807) is 6.07 Å². The zero-order valence-corrected chi connectivity index (χ0v) is 8.80. The monoisotopic (exact) mass is 219 g/mol. The summed E-state index contributed by atoms with van der Waals surface area (Å²) in [6.07, 6.45) is 0. The standard InChI is InChI=1S/C13H11F2N/c1-8-4-10(6-11(16)5-8)9-2-3-12(14)13(15)7-9/h2-7H,16H2,1H3. The topological polar surface area (TPSA) is 26.0 Å². The van der Waals surface area contributed by atoms with Crippen molar-refractivity contribution in [3.63, 3.8) is 0 Å². The smallest absolute Gasteiger partial charge is 0.159 e. The molecule has 16 heavy (non-hydrogen) atoms. The van der Waals surface area contributed by atoms with E-state index < -0.39 is 11.6 Å². The van der Waals surface area contributed by atoms with Crippen LogP contribution in [-0.4, -0.2) is 0 Å². The Labute approximate surface area is 92.5 Å². The van der Waals surface area contributed by atoms with Gasteiger partial charge >= 0.3 is 0 Å². The molecule has 3 heteroatoms. The Morgan fingerprint density at radius 2 is 1.62 bits per heavy atom. The summed E-state index contributed by atoms with van der Waals surface area (Å²) in [6, 6.07) is 9.26. The molecule has 2 aromatic carbocycles. The number of hydrogen-bond acceptors (Lipinski definition) is 1. The zero-order valence-electron chi connectivity index (χ0n) is 8.80. The van der Waals surface area contributed by atoms with Gasteiger partial charge in [-0.05, 0) is 47.9 Å². The van der Waals surface area contributed by atoms with Crippen LogP contribution in [0.5, 0.6) is 0 Å². The molecule has 0 aliphatic heterocycles. The van der Waals surface area contributed by atoms with Crippen LogP contribution >= 0.6 is 0 Å². The lowest BCUT2D eigenvalue weighted by Crippen LogP contribution is -1.89. The number of aryl methyl sites for hydroxylation is 1. The maximum Gasteiger partial charge on any atom is 0.159 e. The Hall–Kier alpha value is -1.90. The number of nitrogen functional groups attached to an aromatic ring is 1. The molecule has 0 amide bonds. The predicted molar refractivity (Wildman–Crippen MR) is 60.9 cm³/mol. The first-order valence-electron chi connectivity index (χ1n) is 4.89. The van der Waals surface area contributed by atoms with Gasteiger partial charge in [0.15, 0.2) is 11.6 Å². The summed E-state index contributed by atoms with van der Waals surface area (Å²) in [5, 5.41) is 0. The number of halogens is 2. The van der Waals surface area contributed by atoms with E-state index >= 15 is 0 Å². The van der Waals surface area contributed by atoms with Gasteiger partial charge in [-0.3, -0.25) is 0 Å². The summed E-state index contributed by atoms with van der Waals surface area (Å²) in [4.78, 5) is 0. The van der Waals surface area contributed by atoms with Gasteiger partial charge in [-0.25, -0.2) is 8.78 Å². The molecule has 0 aromatic heterocycles. The van der Waals surface area contributed by atoms with Crippen LogP contribution in [0.4, 0.5) is 14.5 Å². The molecule has 2 N–H and O–H groups in total. The second kappa shape index (κ2) is 3.93. The molecular formula is C13H11F2N. The number of nitrogens with two attached hydrogens (primary N) is 1. The average Bonchev–Trinajstić information content (AvgIpc) is 2.20. The number of anilines is 1. The Morgan fingerprint density at radius 1 is 0.875 bits per heavy atom. The molecule has 2 aromatic rings. The van der Waals surface area contributed by atoms with Crippen molar-refractivity contribution < 1.29 is 8.78 Å². The van der Waals surface area contributed by atoms with Gasteiger partial charge in [-0.15, -0.1) is 0 Å². The van der Waals surface area contributed by atoms with Crippen molar-refractivity contribution in [1.82, 2.24) is 0 Å². The van der Waals surface area contributed by atoms with Gasteiger partial charge in [0.1, 0.15) is 0 Å². The highest BCUT2D eigenvalue weighted by Gasteiger charge is 2.05. The van der Waals surface area contributed by atoms with Crippen LogP contribution in [-0.2, 0) is 0 Å². The molecule has 0 aliphatic carbocycles. The summed E-state index contributed by atoms with van der Waals surface area (Å²) < 4.78 is 25.8. The lowest BCUT2D eigenvalue weighted by atomic mass is 10.0. The van der Waals surface area contributed by atoms with Crippen molar-refractivity contribution in [2.45, 2.75) is 6.92 Å². The second-order valence-electron chi connectivity index (χ2n) is 3.76. The van der Waals surface area contributed by atoms with Crippen molar-refractivity contribution in [3.05, 3.63) is 53.6 Å². The van der Waals surface area contributed by atoms with Gasteiger partial charge < -0.3 is 5.73 Å². The predicted octanol–water partition coefficient (Wildman–Crippen LogP) is 3.52. The normalized spacial score (nSPS) is 10.4. The van der Waals surface area contributed by atoms with Gasteiger partial charge in [0.2, 0.25) is 0 Å². The fraction of sp³-hybridized carbons (Fsp3) is 0.0769. The zero-order chi connectivity index (χ0) is 11.7. The lowest BCUT2D eigenvalue weighted by Gasteiger charge is -2.05. The van der Waals surface area contributed by atoms with Crippen molar-refractivity contribution in [1.29, 1.82) is 0 Å². The van der Waals surface area contributed by atoms with Crippen LogP contribution in [0.15, 0.2) is 36.4 Å². The quantitative estimate of drug-likeness (QED) is 0.729. The molecule has 2 rings (SSSR count). The highest BCUT2D eigenvalue weighted by molar-refractivity contribution is 5.68. The molecule has 0 fully saturated rings. The van der Waals surface area contributed by atoms with Gasteiger partial charge in [0.05, 0.1) is 0 Å². The number of hydrogen-bond donors (Lipinski definition) is 1. The molecule has 1 nitrogen and oxygen atoms in total. The van der Waals surface area contributed by atoms with E-state index in [0.717, 1.165) is 17.2 Å². The fourth-order valence-corrected chi connectivity index (χ4v) is 1.66. The molecule has 0 bridgehead atoms. The van der Waals surface area contributed by atoms with Crippen LogP contribution in [0.25, 0.3) is 11.1 Å². The van der Waals surface area contributed by atoms with Crippen LogP contribution in [0, 0.1) is 18.6 Å². The maximum absolute atomic E-state index is 13.1. The van der Waals surface area contributed by atoms with Crippen LogP contribution in [0.1, 0.15) is 5.56 Å². The van der Waals surface area contributed by atoms with E-state index in [0.29, 0.717) is 11.3 Å². The molecule has 0 atom stereocenters. The van der Waals surface area contributed by atoms with Crippen molar-refractivity contribution in [2.24, 2.45) is 0 Å². The minimum absolute atomic E-state index is 0.611. The third-order valence-electron chi connectivity index (χ3n) is 2.35. The molecule has 0 unspecified atom stereocenters. The molecule has 0 spiro atoms. The third-order valence-corrected chi connectivity index (χ3v) is 2.35. The highest BCUT2D eigenvalue weighted by Crippen LogP contribution is 2.24. The first-order chi connectivity index (χ1) is 7.56. The van der Waals surface area contributed by atoms with E-state index in [2.05, 4.69) is 0 Å². The number of rotatable bonds is 1. The summed E-state index contributed by atoms with van der Waals surface area (Å²) in [5.41, 5.74) is 8.70. The van der Waals surface area contributed by atoms with Gasteiger partial charge in [-0.1, -0.05) is 12.1 Å². The van der Waals surface area contributed by atoms with E-state index in [1.807, 2.05) is 19.1 Å². The summed E-state index contributed by atoms with van der Waals surface area (Å²) in [7, 11) is 0. The minimum Gasteiger partial charge on any atom is -0.399 e. The summed E-state index contributed by atoms with van der Waals surface area (Å²) in [5.74, 6) is -1.69. The van der Waals surface area contributed by atoms with Crippen molar-refractivity contribution in [3.8, 4) is 11.1 Å². The van der Waals surface area contributed by atoms with E-state index in [9.17, 15) is 8.78 Å². The Kier molecular flexibility index (Phi) is 2.60. The molecule has 0 aliphatic rings. The van der Waals surface area contributed by atoms with Crippen molar-refractivity contribution >= 4 is 5.69 Å². The van der Waals surface area contributed by atoms with Crippen LogP contribution < -0.4 is 5.73 Å². The number of benzene rings is 2. The maximum atomic E-state index is 13.1. The highest BCUT2D eigenvalue weighted by atomic mass is 19.2. The van der Waals surface area contributed by atoms with Crippen LogP contribution in [0.3, 0.4) is 0 Å². The van der Waals surface area contributed by atoms with Crippen molar-refractivity contribution in [2.75, 3.05) is 5.73 Å². The summed E-state index contributed by atoms with van der Waals surface area (Å²) >= 11 is 0. The third kappa shape index (κ3) is 2.03.